The topological polar surface area (TPSA) is 73.0 Å². The maximum atomic E-state index is 13.3. The molecule has 1 N–H and O–H groups in total. The summed E-state index contributed by atoms with van der Waals surface area (Å²) >= 11 is 0. The Morgan fingerprint density at radius 2 is 1.51 bits per heavy atom. The monoisotopic (exact) mass is 572 g/mol. The molecule has 0 bridgehead atoms. The third-order valence-electron chi connectivity index (χ3n) is 9.68. The van der Waals surface area contributed by atoms with Crippen LogP contribution in [0.15, 0.2) is 83.8 Å². The van der Waals surface area contributed by atoms with Crippen LogP contribution in [0.25, 0.3) is 0 Å². The van der Waals surface area contributed by atoms with Crippen molar-refractivity contribution in [3.63, 3.8) is 0 Å². The van der Waals surface area contributed by atoms with E-state index in [1.165, 1.54) is 16.7 Å². The van der Waals surface area contributed by atoms with Crippen LogP contribution in [-0.2, 0) is 20.2 Å². The molecule has 0 aromatic heterocycles. The van der Waals surface area contributed by atoms with Gasteiger partial charge in [-0.25, -0.2) is 8.42 Å². The summed E-state index contributed by atoms with van der Waals surface area (Å²) in [5.74, 6) is 0.142. The van der Waals surface area contributed by atoms with E-state index in [-0.39, 0.29) is 11.3 Å². The molecular formula is C33H40N4O3S. The lowest BCUT2D eigenvalue weighted by Gasteiger charge is -2.50. The minimum atomic E-state index is -3.51. The maximum Gasteiger partial charge on any atom is 0.247 e. The molecular weight excluding hydrogens is 532 g/mol. The van der Waals surface area contributed by atoms with E-state index in [4.69, 9.17) is 0 Å². The largest absolute Gasteiger partial charge is 0.339 e. The van der Waals surface area contributed by atoms with Crippen LogP contribution < -0.4 is 10.2 Å². The summed E-state index contributed by atoms with van der Waals surface area (Å²) in [6.45, 7) is 8.51. The standard InChI is InChI=1S/C33H40N4O3S/c1-26-14-15-28(22-27(26)2)32(23-36(24-32)41(39,40)30-12-7-4-8-13-30)16-9-19-35-20-17-33(18-21-35)31(38)34-25-37(33)29-10-5-3-6-11-29/h3-8,10-15,22H,9,16-21,23-25H2,1-2H3,(H,34,38). The van der Waals surface area contributed by atoms with Gasteiger partial charge in [-0.05, 0) is 87.0 Å². The van der Waals surface area contributed by atoms with Crippen molar-refractivity contribution in [3.05, 3.63) is 95.6 Å². The number of carbonyl (C=O) groups excluding carboxylic acids is 1. The van der Waals surface area contributed by atoms with E-state index >= 15 is 0 Å². The summed E-state index contributed by atoms with van der Waals surface area (Å²) < 4.78 is 28.3. The Balaban J connectivity index is 1.12. The maximum absolute atomic E-state index is 13.3. The van der Waals surface area contributed by atoms with Crippen molar-refractivity contribution in [3.8, 4) is 0 Å². The van der Waals surface area contributed by atoms with E-state index in [1.807, 2.05) is 24.3 Å². The summed E-state index contributed by atoms with van der Waals surface area (Å²) in [6, 6.07) is 25.6. The number of anilines is 1. The highest BCUT2D eigenvalue weighted by molar-refractivity contribution is 7.89. The molecule has 8 heteroatoms. The fourth-order valence-electron chi connectivity index (χ4n) is 6.92. The second-order valence-corrected chi connectivity index (χ2v) is 14.0. The van der Waals surface area contributed by atoms with Crippen LogP contribution in [0.2, 0.25) is 0 Å². The number of benzene rings is 3. The van der Waals surface area contributed by atoms with Gasteiger partial charge in [0.1, 0.15) is 5.54 Å². The van der Waals surface area contributed by atoms with Crippen molar-refractivity contribution in [2.24, 2.45) is 0 Å². The average Bonchev–Trinajstić information content (AvgIpc) is 3.28. The number of nitrogens with one attached hydrogen (secondary N) is 1. The van der Waals surface area contributed by atoms with Crippen molar-refractivity contribution >= 4 is 21.6 Å². The Hall–Kier alpha value is -3.20. The fraction of sp³-hybridized carbons (Fsp3) is 0.424. The zero-order valence-corrected chi connectivity index (χ0v) is 24.9. The second-order valence-electron chi connectivity index (χ2n) is 12.1. The predicted molar refractivity (Wildman–Crippen MR) is 162 cm³/mol. The quantitative estimate of drug-likeness (QED) is 0.432. The molecule has 0 unspecified atom stereocenters. The van der Waals surface area contributed by atoms with Gasteiger partial charge in [-0.3, -0.25) is 4.79 Å². The van der Waals surface area contributed by atoms with E-state index in [0.717, 1.165) is 51.0 Å². The van der Waals surface area contributed by atoms with E-state index in [1.54, 1.807) is 28.6 Å². The number of hydrogen-bond donors (Lipinski definition) is 1. The highest BCUT2D eigenvalue weighted by Crippen LogP contribution is 2.42. The van der Waals surface area contributed by atoms with Gasteiger partial charge >= 0.3 is 0 Å². The first-order valence-electron chi connectivity index (χ1n) is 14.7. The minimum absolute atomic E-state index is 0.142. The van der Waals surface area contributed by atoms with Crippen LogP contribution in [0, 0.1) is 13.8 Å². The van der Waals surface area contributed by atoms with Gasteiger partial charge in [0.2, 0.25) is 15.9 Å². The molecule has 0 saturated carbocycles. The van der Waals surface area contributed by atoms with Gasteiger partial charge < -0.3 is 15.1 Å². The lowest BCUT2D eigenvalue weighted by molar-refractivity contribution is -0.125. The Morgan fingerprint density at radius 1 is 0.854 bits per heavy atom. The first kappa shape index (κ1) is 27.9. The molecule has 3 saturated heterocycles. The number of piperidine rings is 1. The number of carbonyl (C=O) groups is 1. The number of rotatable bonds is 8. The Kier molecular flexibility index (Phi) is 7.42. The lowest BCUT2D eigenvalue weighted by Crippen LogP contribution is -2.61. The average molecular weight is 573 g/mol. The van der Waals surface area contributed by atoms with E-state index in [9.17, 15) is 13.2 Å². The number of para-hydroxylation sites is 1. The third-order valence-corrected chi connectivity index (χ3v) is 11.5. The highest BCUT2D eigenvalue weighted by atomic mass is 32.2. The summed E-state index contributed by atoms with van der Waals surface area (Å²) in [5, 5.41) is 3.09. The first-order valence-corrected chi connectivity index (χ1v) is 16.1. The SMILES string of the molecule is Cc1ccc(C2(CCCN3CCC4(CC3)C(=O)NCN4c3ccccc3)CN(S(=O)(=O)c3ccccc3)C2)cc1C. The van der Waals surface area contributed by atoms with Crippen molar-refractivity contribution in [1.82, 2.24) is 14.5 Å². The lowest BCUT2D eigenvalue weighted by atomic mass is 9.71. The molecule has 0 aliphatic carbocycles. The van der Waals surface area contributed by atoms with Crippen LogP contribution >= 0.6 is 0 Å². The Morgan fingerprint density at radius 3 is 2.17 bits per heavy atom. The molecule has 0 radical (unpaired) electrons. The Labute approximate surface area is 244 Å². The molecule has 3 aromatic rings. The molecule has 1 spiro atoms. The zero-order valence-electron chi connectivity index (χ0n) is 24.1. The number of likely N-dealkylation sites (tertiary alicyclic amines) is 1. The van der Waals surface area contributed by atoms with Gasteiger partial charge in [-0.1, -0.05) is 54.6 Å². The van der Waals surface area contributed by atoms with E-state index in [0.29, 0.717) is 24.7 Å². The number of amides is 1. The van der Waals surface area contributed by atoms with Gasteiger partial charge in [0, 0.05) is 37.3 Å². The van der Waals surface area contributed by atoms with Crippen LogP contribution in [0.1, 0.15) is 42.4 Å². The summed E-state index contributed by atoms with van der Waals surface area (Å²) in [7, 11) is -3.51. The van der Waals surface area contributed by atoms with Gasteiger partial charge in [-0.2, -0.15) is 4.31 Å². The van der Waals surface area contributed by atoms with Crippen molar-refractivity contribution in [1.29, 1.82) is 0 Å². The number of sulfonamides is 1. The van der Waals surface area contributed by atoms with E-state index < -0.39 is 15.6 Å². The summed E-state index contributed by atoms with van der Waals surface area (Å²) in [6.07, 6.45) is 3.51. The molecule has 3 fully saturated rings. The fourth-order valence-corrected chi connectivity index (χ4v) is 8.55. The van der Waals surface area contributed by atoms with Gasteiger partial charge in [0.05, 0.1) is 11.6 Å². The molecule has 6 rings (SSSR count). The summed E-state index contributed by atoms with van der Waals surface area (Å²) in [5.41, 5.74) is 4.16. The third kappa shape index (κ3) is 5.07. The number of nitrogens with zero attached hydrogens (tertiary/aromatic N) is 3. The van der Waals surface area contributed by atoms with E-state index in [2.05, 4.69) is 59.3 Å². The highest BCUT2D eigenvalue weighted by Gasteiger charge is 2.51. The molecule has 1 amide bonds. The molecule has 3 aliphatic heterocycles. The van der Waals surface area contributed by atoms with Gasteiger partial charge in [0.25, 0.3) is 0 Å². The first-order chi connectivity index (χ1) is 19.7. The summed E-state index contributed by atoms with van der Waals surface area (Å²) in [4.78, 5) is 18.1. The van der Waals surface area contributed by atoms with Gasteiger partial charge in [0.15, 0.2) is 0 Å². The van der Waals surface area contributed by atoms with Crippen LogP contribution in [-0.4, -0.2) is 68.5 Å². The molecule has 41 heavy (non-hydrogen) atoms. The molecule has 3 aliphatic rings. The number of aryl methyl sites for hydroxylation is 2. The Bertz CT molecular complexity index is 1500. The van der Waals surface area contributed by atoms with Crippen molar-refractivity contribution in [2.75, 3.05) is 44.3 Å². The zero-order chi connectivity index (χ0) is 28.7. The molecule has 3 heterocycles. The van der Waals surface area contributed by atoms with Crippen LogP contribution in [0.3, 0.4) is 0 Å². The van der Waals surface area contributed by atoms with Crippen LogP contribution in [0.4, 0.5) is 5.69 Å². The molecule has 7 nitrogen and oxygen atoms in total. The number of hydrogen-bond acceptors (Lipinski definition) is 5. The van der Waals surface area contributed by atoms with Crippen molar-refractivity contribution < 1.29 is 13.2 Å². The molecule has 0 atom stereocenters. The molecule has 216 valence electrons. The second kappa shape index (κ2) is 10.9. The van der Waals surface area contributed by atoms with Crippen molar-refractivity contribution in [2.45, 2.75) is 55.4 Å². The predicted octanol–water partition coefficient (Wildman–Crippen LogP) is 4.45. The van der Waals surface area contributed by atoms with Gasteiger partial charge in [-0.15, -0.1) is 0 Å². The molecule has 3 aromatic carbocycles. The van der Waals surface area contributed by atoms with Crippen LogP contribution in [0.5, 0.6) is 0 Å². The normalized spacial score (nSPS) is 20.6. The smallest absolute Gasteiger partial charge is 0.247 e. The minimum Gasteiger partial charge on any atom is -0.339 e.